The predicted octanol–water partition coefficient (Wildman–Crippen LogP) is 9.42. The van der Waals surface area contributed by atoms with Gasteiger partial charge in [-0.1, -0.05) is 63.2 Å². The van der Waals surface area contributed by atoms with Gasteiger partial charge < -0.3 is 9.97 Å². The summed E-state index contributed by atoms with van der Waals surface area (Å²) in [6, 6.07) is 33.1. The molecule has 0 saturated heterocycles. The van der Waals surface area contributed by atoms with Crippen LogP contribution in [0.3, 0.4) is 0 Å². The molecule has 0 amide bonds. The van der Waals surface area contributed by atoms with Crippen LogP contribution >= 0.6 is 0 Å². The Kier molecular flexibility index (Phi) is 8.65. The first-order valence-electron chi connectivity index (χ1n) is 17.6. The van der Waals surface area contributed by atoms with Gasteiger partial charge in [0.2, 0.25) is 0 Å². The van der Waals surface area contributed by atoms with Crippen molar-refractivity contribution in [1.29, 1.82) is 0 Å². The minimum atomic E-state index is -2.55. The van der Waals surface area contributed by atoms with Crippen LogP contribution in [0.4, 0.5) is 4.39 Å². The standard InChI is InChI=1S/C22H22N.C18H14FN2.Ir/c1-22(2,3)20-11-7-10-19(16-20)21-15-18(12-13-23-21)14-17-8-5-4-6-9-17;1-13-12-21-18(15-3-2-4-17(19)10-15)11-16(13)9-14-5-7-20-8-6-14;/h4-9,11-13,15-16H,14H2,1-3H3;2,4-8,10-12H,9H2,1H3;/q2*-1;/i14D2;1D3,9D2;. The van der Waals surface area contributed by atoms with Crippen LogP contribution in [0.2, 0.25) is 0 Å². The fourth-order valence-corrected chi connectivity index (χ4v) is 4.31. The smallest absolute Gasteiger partial charge is 0.0418 e. The van der Waals surface area contributed by atoms with Gasteiger partial charge in [0.1, 0.15) is 0 Å². The van der Waals surface area contributed by atoms with Crippen molar-refractivity contribution in [2.75, 3.05) is 0 Å². The average molecular weight is 777 g/mol. The SMILES string of the molecule is [2H]C([2H])([2H])c1cnc(-c2[c-]ccc(F)c2)cc1C([2H])([2H])c1ccncc1.[2H]C([2H])(c1ccccc1)c1ccnc(-c2[c-]ccc(C(C)(C)C)c2)c1.[Ir]. The number of rotatable bonds is 6. The number of nitrogens with zero attached hydrogens (tertiary/aromatic N) is 3. The second kappa shape index (κ2) is 15.6. The molecule has 3 aromatic heterocycles. The van der Waals surface area contributed by atoms with Crippen molar-refractivity contribution in [2.24, 2.45) is 0 Å². The van der Waals surface area contributed by atoms with Crippen molar-refractivity contribution in [1.82, 2.24) is 15.0 Å². The summed E-state index contributed by atoms with van der Waals surface area (Å²) in [4.78, 5) is 12.4. The van der Waals surface area contributed by atoms with Crippen LogP contribution in [0.25, 0.3) is 22.5 Å². The van der Waals surface area contributed by atoms with Gasteiger partial charge in [-0.25, -0.2) is 4.39 Å². The van der Waals surface area contributed by atoms with E-state index >= 15 is 0 Å². The molecule has 0 aliphatic carbocycles. The second-order valence-corrected chi connectivity index (χ2v) is 11.1. The third kappa shape index (κ3) is 9.59. The first-order valence-corrected chi connectivity index (χ1v) is 14.1. The molecule has 0 aliphatic rings. The molecule has 3 aromatic carbocycles. The van der Waals surface area contributed by atoms with E-state index in [0.717, 1.165) is 17.5 Å². The van der Waals surface area contributed by atoms with Gasteiger partial charge in [-0.2, -0.15) is 0 Å². The molecule has 0 atom stereocenters. The van der Waals surface area contributed by atoms with E-state index in [1.807, 2.05) is 42.5 Å². The molecular weight excluding hydrogens is 734 g/mol. The molecule has 0 fully saturated rings. The summed E-state index contributed by atoms with van der Waals surface area (Å²) in [5.41, 5.74) is 4.68. The van der Waals surface area contributed by atoms with Crippen molar-refractivity contribution in [3.05, 3.63) is 173 Å². The minimum absolute atomic E-state index is 0. The Bertz CT molecular complexity index is 2100. The van der Waals surface area contributed by atoms with Crippen LogP contribution in [0, 0.1) is 24.8 Å². The number of hydrogen-bond acceptors (Lipinski definition) is 3. The second-order valence-electron chi connectivity index (χ2n) is 11.1. The Morgan fingerprint density at radius 2 is 1.40 bits per heavy atom. The van der Waals surface area contributed by atoms with Crippen molar-refractivity contribution in [2.45, 2.75) is 45.8 Å². The number of benzene rings is 3. The van der Waals surface area contributed by atoms with Crippen LogP contribution in [-0.4, -0.2) is 15.0 Å². The van der Waals surface area contributed by atoms with E-state index in [1.54, 1.807) is 12.3 Å². The molecule has 0 N–H and O–H groups in total. The molecule has 3 nitrogen and oxygen atoms in total. The molecule has 229 valence electrons. The molecule has 0 unspecified atom stereocenters. The van der Waals surface area contributed by atoms with Crippen molar-refractivity contribution >= 4 is 0 Å². The molecule has 0 spiro atoms. The van der Waals surface area contributed by atoms with Crippen LogP contribution in [0.15, 0.2) is 122 Å². The number of hydrogen-bond donors (Lipinski definition) is 0. The Morgan fingerprint density at radius 1 is 0.733 bits per heavy atom. The number of aromatic nitrogens is 3. The average Bonchev–Trinajstić information content (AvgIpc) is 3.12. The quantitative estimate of drug-likeness (QED) is 0.158. The zero-order chi connectivity index (χ0) is 37.0. The van der Waals surface area contributed by atoms with Crippen LogP contribution in [0.1, 0.15) is 63.7 Å². The van der Waals surface area contributed by atoms with E-state index in [4.69, 9.17) is 9.60 Å². The summed E-state index contributed by atoms with van der Waals surface area (Å²) >= 11 is 0. The molecule has 0 bridgehead atoms. The number of pyridine rings is 3. The third-order valence-electron chi connectivity index (χ3n) is 6.67. The monoisotopic (exact) mass is 777 g/mol. The van der Waals surface area contributed by atoms with Gasteiger partial charge in [0.25, 0.3) is 0 Å². The number of aryl methyl sites for hydroxylation is 1. The number of halogens is 1. The van der Waals surface area contributed by atoms with Crippen molar-refractivity contribution < 1.29 is 34.1 Å². The summed E-state index contributed by atoms with van der Waals surface area (Å²) in [5, 5.41) is 0. The van der Waals surface area contributed by atoms with E-state index in [2.05, 4.69) is 60.0 Å². The molecule has 6 aromatic rings. The Labute approximate surface area is 289 Å². The Morgan fingerprint density at radius 3 is 2.11 bits per heavy atom. The first-order chi connectivity index (χ1) is 24.0. The maximum absolute atomic E-state index is 13.5. The van der Waals surface area contributed by atoms with Crippen LogP contribution in [-0.2, 0) is 38.3 Å². The van der Waals surface area contributed by atoms with Gasteiger partial charge in [0, 0.05) is 60.3 Å². The fraction of sp³-hybridized carbons (Fsp3) is 0.175. The first kappa shape index (κ1) is 24.9. The molecule has 0 saturated carbocycles. The molecule has 3 heterocycles. The Hall–Kier alpha value is -4.31. The van der Waals surface area contributed by atoms with Gasteiger partial charge in [0.15, 0.2) is 0 Å². The van der Waals surface area contributed by atoms with Crippen molar-refractivity contribution in [3.63, 3.8) is 0 Å². The van der Waals surface area contributed by atoms with E-state index in [9.17, 15) is 4.39 Å². The van der Waals surface area contributed by atoms with E-state index in [1.165, 1.54) is 54.4 Å². The Balaban J connectivity index is 0.000000228. The van der Waals surface area contributed by atoms with Gasteiger partial charge in [-0.15, -0.1) is 65.2 Å². The molecule has 0 aliphatic heterocycles. The summed E-state index contributed by atoms with van der Waals surface area (Å²) in [5.74, 6) is -0.487. The summed E-state index contributed by atoms with van der Waals surface area (Å²) in [7, 11) is 0. The molecule has 1 radical (unpaired) electrons. The largest absolute Gasteiger partial charge is 0.305 e. The predicted molar refractivity (Wildman–Crippen MR) is 177 cm³/mol. The molecular formula is C40H36FIrN3-2. The van der Waals surface area contributed by atoms with Gasteiger partial charge in [-0.3, -0.25) is 4.98 Å². The van der Waals surface area contributed by atoms with E-state index in [0.29, 0.717) is 16.7 Å². The van der Waals surface area contributed by atoms with Crippen LogP contribution < -0.4 is 0 Å². The van der Waals surface area contributed by atoms with E-state index in [-0.39, 0.29) is 47.9 Å². The van der Waals surface area contributed by atoms with E-state index < -0.39 is 25.4 Å². The molecule has 5 heteroatoms. The maximum atomic E-state index is 13.5. The van der Waals surface area contributed by atoms with Gasteiger partial charge >= 0.3 is 0 Å². The maximum Gasteiger partial charge on any atom is 0.0418 e. The van der Waals surface area contributed by atoms with Crippen LogP contribution in [0.5, 0.6) is 0 Å². The third-order valence-corrected chi connectivity index (χ3v) is 6.67. The zero-order valence-corrected chi connectivity index (χ0v) is 27.5. The zero-order valence-electron chi connectivity index (χ0n) is 32.1. The van der Waals surface area contributed by atoms with Crippen molar-refractivity contribution in [3.8, 4) is 22.5 Å². The molecule has 45 heavy (non-hydrogen) atoms. The minimum Gasteiger partial charge on any atom is -0.305 e. The summed E-state index contributed by atoms with van der Waals surface area (Å²) in [6.07, 6.45) is 1.99. The topological polar surface area (TPSA) is 38.7 Å². The molecule has 6 rings (SSSR count). The summed E-state index contributed by atoms with van der Waals surface area (Å²) < 4.78 is 70.7. The van der Waals surface area contributed by atoms with Gasteiger partial charge in [0.05, 0.1) is 0 Å². The normalized spacial score (nSPS) is 14.0. The fourth-order valence-electron chi connectivity index (χ4n) is 4.31. The van der Waals surface area contributed by atoms with Gasteiger partial charge in [-0.05, 0) is 82.4 Å². The summed E-state index contributed by atoms with van der Waals surface area (Å²) in [6.45, 7) is 3.96.